The molecule has 2 atom stereocenters. The molecule has 0 saturated carbocycles. The highest BCUT2D eigenvalue weighted by atomic mass is 19.1. The summed E-state index contributed by atoms with van der Waals surface area (Å²) in [5.41, 5.74) is 0. The molecule has 0 amide bonds. The van der Waals surface area contributed by atoms with Crippen molar-refractivity contribution in [2.24, 2.45) is 11.8 Å². The van der Waals surface area contributed by atoms with Crippen molar-refractivity contribution in [3.8, 4) is 0 Å². The molecule has 2 unspecified atom stereocenters. The fourth-order valence-corrected chi connectivity index (χ4v) is 1.88. The summed E-state index contributed by atoms with van der Waals surface area (Å²) < 4.78 is 12.2. The number of hydrogen-bond acceptors (Lipinski definition) is 1. The van der Waals surface area contributed by atoms with Crippen LogP contribution in [0.25, 0.3) is 0 Å². The number of halogens is 1. The van der Waals surface area contributed by atoms with Gasteiger partial charge in [0.05, 0.1) is 6.67 Å². The fraction of sp³-hybridized carbons (Fsp3) is 1.00. The second-order valence-electron chi connectivity index (χ2n) is 3.58. The van der Waals surface area contributed by atoms with Crippen molar-refractivity contribution in [2.75, 3.05) is 26.8 Å². The van der Waals surface area contributed by atoms with Gasteiger partial charge in [0.25, 0.3) is 0 Å². The maximum atomic E-state index is 12.2. The average Bonchev–Trinajstić information content (AvgIpc) is 1.85. The average molecular weight is 145 g/mol. The second-order valence-corrected chi connectivity index (χ2v) is 3.58. The predicted octanol–water partition coefficient (Wildman–Crippen LogP) is 1.54. The Morgan fingerprint density at radius 1 is 1.50 bits per heavy atom. The topological polar surface area (TPSA) is 3.24 Å². The number of rotatable bonds is 1. The summed E-state index contributed by atoms with van der Waals surface area (Å²) in [6.07, 6.45) is 1.07. The first-order valence-corrected chi connectivity index (χ1v) is 3.97. The van der Waals surface area contributed by atoms with Crippen molar-refractivity contribution in [1.29, 1.82) is 0 Å². The minimum Gasteiger partial charge on any atom is -0.306 e. The zero-order valence-corrected chi connectivity index (χ0v) is 6.81. The van der Waals surface area contributed by atoms with Crippen LogP contribution < -0.4 is 0 Å². The number of hydrogen-bond donors (Lipinski definition) is 0. The number of alkyl halides is 1. The monoisotopic (exact) mass is 145 g/mol. The van der Waals surface area contributed by atoms with Gasteiger partial charge >= 0.3 is 0 Å². The molecule has 1 heterocycles. The molecule has 0 aliphatic carbocycles. The Morgan fingerprint density at radius 3 is 2.70 bits per heavy atom. The van der Waals surface area contributed by atoms with E-state index in [1.807, 2.05) is 0 Å². The van der Waals surface area contributed by atoms with E-state index in [0.717, 1.165) is 19.5 Å². The minimum atomic E-state index is -0.144. The van der Waals surface area contributed by atoms with Crippen LogP contribution in [0.3, 0.4) is 0 Å². The molecule has 0 spiro atoms. The molecule has 1 aliphatic heterocycles. The van der Waals surface area contributed by atoms with Crippen LogP contribution in [0.5, 0.6) is 0 Å². The lowest BCUT2D eigenvalue weighted by Gasteiger charge is -2.32. The highest BCUT2D eigenvalue weighted by Crippen LogP contribution is 2.20. The van der Waals surface area contributed by atoms with E-state index in [1.165, 1.54) is 0 Å². The van der Waals surface area contributed by atoms with Crippen molar-refractivity contribution in [3.63, 3.8) is 0 Å². The summed E-state index contributed by atoms with van der Waals surface area (Å²) in [5, 5.41) is 0. The summed E-state index contributed by atoms with van der Waals surface area (Å²) in [5.74, 6) is 0.980. The van der Waals surface area contributed by atoms with Crippen LogP contribution in [-0.2, 0) is 0 Å². The molecular weight excluding hydrogens is 129 g/mol. The molecule has 0 bridgehead atoms. The molecule has 0 aromatic carbocycles. The first kappa shape index (κ1) is 7.99. The van der Waals surface area contributed by atoms with Gasteiger partial charge in [-0.1, -0.05) is 6.92 Å². The van der Waals surface area contributed by atoms with Crippen molar-refractivity contribution in [1.82, 2.24) is 4.90 Å². The van der Waals surface area contributed by atoms with E-state index in [4.69, 9.17) is 0 Å². The zero-order valence-electron chi connectivity index (χ0n) is 6.81. The maximum Gasteiger partial charge on any atom is 0.0934 e. The smallest absolute Gasteiger partial charge is 0.0934 e. The summed E-state index contributed by atoms with van der Waals surface area (Å²) in [6.45, 7) is 4.13. The van der Waals surface area contributed by atoms with E-state index < -0.39 is 0 Å². The summed E-state index contributed by atoms with van der Waals surface area (Å²) in [6, 6.07) is 0. The molecular formula is C8H16FN. The van der Waals surface area contributed by atoms with Gasteiger partial charge in [-0.25, -0.2) is 0 Å². The van der Waals surface area contributed by atoms with Crippen LogP contribution in [0.1, 0.15) is 13.3 Å². The van der Waals surface area contributed by atoms with E-state index >= 15 is 0 Å². The van der Waals surface area contributed by atoms with Crippen LogP contribution in [-0.4, -0.2) is 31.7 Å². The normalized spacial score (nSPS) is 36.3. The van der Waals surface area contributed by atoms with Gasteiger partial charge in [0.2, 0.25) is 0 Å². The van der Waals surface area contributed by atoms with Gasteiger partial charge in [-0.2, -0.15) is 0 Å². The van der Waals surface area contributed by atoms with E-state index in [2.05, 4.69) is 18.9 Å². The Bertz CT molecular complexity index is 95.4. The van der Waals surface area contributed by atoms with E-state index in [0.29, 0.717) is 11.8 Å². The molecule has 60 valence electrons. The van der Waals surface area contributed by atoms with Gasteiger partial charge < -0.3 is 4.90 Å². The lowest BCUT2D eigenvalue weighted by molar-refractivity contribution is 0.140. The Hall–Kier alpha value is -0.110. The molecule has 1 fully saturated rings. The van der Waals surface area contributed by atoms with Gasteiger partial charge in [-0.05, 0) is 19.4 Å². The van der Waals surface area contributed by atoms with E-state index in [-0.39, 0.29) is 6.67 Å². The zero-order chi connectivity index (χ0) is 7.56. The minimum absolute atomic E-state index is 0.144. The quantitative estimate of drug-likeness (QED) is 0.541. The lowest BCUT2D eigenvalue weighted by atomic mass is 9.92. The Morgan fingerprint density at radius 2 is 2.20 bits per heavy atom. The van der Waals surface area contributed by atoms with Crippen molar-refractivity contribution >= 4 is 0 Å². The van der Waals surface area contributed by atoms with Crippen LogP contribution in [0.2, 0.25) is 0 Å². The molecule has 2 heteroatoms. The molecule has 1 saturated heterocycles. The van der Waals surface area contributed by atoms with E-state index in [9.17, 15) is 4.39 Å². The first-order chi connectivity index (χ1) is 4.72. The number of nitrogens with zero attached hydrogens (tertiary/aromatic N) is 1. The first-order valence-electron chi connectivity index (χ1n) is 3.97. The molecule has 0 N–H and O–H groups in total. The molecule has 1 nitrogen and oxygen atoms in total. The van der Waals surface area contributed by atoms with Gasteiger partial charge in [-0.15, -0.1) is 0 Å². The number of likely N-dealkylation sites (tertiary alicyclic amines) is 1. The standard InChI is InChI=1S/C8H16FN/c1-7-3-8(4-9)6-10(2)5-7/h7-8H,3-6H2,1-2H3. The third kappa shape index (κ3) is 1.94. The van der Waals surface area contributed by atoms with Crippen molar-refractivity contribution < 1.29 is 4.39 Å². The third-order valence-electron chi connectivity index (χ3n) is 2.15. The predicted molar refractivity (Wildman–Crippen MR) is 40.7 cm³/mol. The Labute approximate surface area is 62.2 Å². The maximum absolute atomic E-state index is 12.2. The van der Waals surface area contributed by atoms with Gasteiger partial charge in [0, 0.05) is 19.0 Å². The summed E-state index contributed by atoms with van der Waals surface area (Å²) >= 11 is 0. The highest BCUT2D eigenvalue weighted by molar-refractivity contribution is 4.74. The molecule has 1 aliphatic rings. The van der Waals surface area contributed by atoms with Crippen LogP contribution in [0.15, 0.2) is 0 Å². The SMILES string of the molecule is CC1CC(CF)CN(C)C1. The highest BCUT2D eigenvalue weighted by Gasteiger charge is 2.21. The summed E-state index contributed by atoms with van der Waals surface area (Å²) in [4.78, 5) is 2.22. The fourth-order valence-electron chi connectivity index (χ4n) is 1.88. The molecule has 10 heavy (non-hydrogen) atoms. The largest absolute Gasteiger partial charge is 0.306 e. The third-order valence-corrected chi connectivity index (χ3v) is 2.15. The van der Waals surface area contributed by atoms with Crippen LogP contribution >= 0.6 is 0 Å². The molecule has 0 radical (unpaired) electrons. The van der Waals surface area contributed by atoms with Gasteiger partial charge in [0.15, 0.2) is 0 Å². The second kappa shape index (κ2) is 3.33. The van der Waals surface area contributed by atoms with Crippen molar-refractivity contribution in [2.45, 2.75) is 13.3 Å². The van der Waals surface area contributed by atoms with Gasteiger partial charge in [-0.3, -0.25) is 4.39 Å². The van der Waals surface area contributed by atoms with Crippen LogP contribution in [0.4, 0.5) is 4.39 Å². The van der Waals surface area contributed by atoms with Crippen molar-refractivity contribution in [3.05, 3.63) is 0 Å². The van der Waals surface area contributed by atoms with E-state index in [1.54, 1.807) is 0 Å². The summed E-state index contributed by atoms with van der Waals surface area (Å²) in [7, 11) is 2.07. The molecule has 0 aromatic heterocycles. The van der Waals surface area contributed by atoms with Crippen LogP contribution in [0, 0.1) is 11.8 Å². The Balaban J connectivity index is 2.35. The molecule has 1 rings (SSSR count). The van der Waals surface area contributed by atoms with Gasteiger partial charge in [0.1, 0.15) is 0 Å². The number of piperidine rings is 1. The lowest BCUT2D eigenvalue weighted by Crippen LogP contribution is -2.37. The molecule has 0 aromatic rings. The Kier molecular flexibility index (Phi) is 2.66.